The van der Waals surface area contributed by atoms with E-state index in [-0.39, 0.29) is 17.4 Å². The number of likely N-dealkylation sites (tertiary alicyclic amines) is 3. The number of piperidine rings is 2. The van der Waals surface area contributed by atoms with Crippen molar-refractivity contribution in [1.29, 1.82) is 0 Å². The summed E-state index contributed by atoms with van der Waals surface area (Å²) in [7, 11) is 0. The third-order valence-corrected chi connectivity index (χ3v) is 9.67. The molecule has 0 N–H and O–H groups in total. The largest absolute Gasteiger partial charge is 0.491 e. The predicted octanol–water partition coefficient (Wildman–Crippen LogP) is 6.14. The molecule has 5 heteroatoms. The van der Waals surface area contributed by atoms with E-state index in [4.69, 9.17) is 4.74 Å². The van der Waals surface area contributed by atoms with E-state index in [0.29, 0.717) is 6.42 Å². The molecular formula is C35H51N3O2. The first kappa shape index (κ1) is 29.1. The highest BCUT2D eigenvalue weighted by atomic mass is 16.5. The molecule has 218 valence electrons. The molecule has 0 spiro atoms. The minimum atomic E-state index is 0.0259. The Bertz CT molecular complexity index is 1130. The van der Waals surface area contributed by atoms with Gasteiger partial charge in [0.1, 0.15) is 5.75 Å². The van der Waals surface area contributed by atoms with E-state index in [0.717, 1.165) is 49.8 Å². The first-order chi connectivity index (χ1) is 19.3. The van der Waals surface area contributed by atoms with Crippen LogP contribution in [0.4, 0.5) is 0 Å². The second kappa shape index (κ2) is 13.1. The zero-order chi connectivity index (χ0) is 28.1. The van der Waals surface area contributed by atoms with Crippen LogP contribution in [0.3, 0.4) is 0 Å². The molecule has 1 atom stereocenters. The molecule has 0 saturated carbocycles. The maximum Gasteiger partial charge on any atom is 0.227 e. The summed E-state index contributed by atoms with van der Waals surface area (Å²) in [4.78, 5) is 21.2. The van der Waals surface area contributed by atoms with Gasteiger partial charge in [0.15, 0.2) is 0 Å². The minimum Gasteiger partial charge on any atom is -0.491 e. The van der Waals surface area contributed by atoms with Crippen molar-refractivity contribution in [3.63, 3.8) is 0 Å². The summed E-state index contributed by atoms with van der Waals surface area (Å²) in [5, 5.41) is 0. The highest BCUT2D eigenvalue weighted by molar-refractivity contribution is 5.79. The Morgan fingerprint density at radius 1 is 0.975 bits per heavy atom. The Morgan fingerprint density at radius 2 is 1.75 bits per heavy atom. The lowest BCUT2D eigenvalue weighted by Crippen LogP contribution is -2.47. The molecular weight excluding hydrogens is 494 g/mol. The molecule has 0 radical (unpaired) electrons. The highest BCUT2D eigenvalue weighted by Crippen LogP contribution is 2.40. The molecule has 3 aliphatic rings. The van der Waals surface area contributed by atoms with E-state index >= 15 is 0 Å². The van der Waals surface area contributed by atoms with E-state index < -0.39 is 0 Å². The van der Waals surface area contributed by atoms with Crippen LogP contribution in [0.5, 0.6) is 5.75 Å². The number of aryl methyl sites for hydroxylation is 2. The average Bonchev–Trinajstić information content (AvgIpc) is 3.40. The fraction of sp³-hybridized carbons (Fsp3) is 0.629. The van der Waals surface area contributed by atoms with Crippen LogP contribution >= 0.6 is 0 Å². The SMILES string of the molecule is Cc1ccc(C)c(C2(CCN3CCC(N4CCCCC4)CC3)CCN(C(=O)Cc3cccc(OC(C)C)c3)C2)c1. The second-order valence-electron chi connectivity index (χ2n) is 13.1. The minimum absolute atomic E-state index is 0.0259. The summed E-state index contributed by atoms with van der Waals surface area (Å²) >= 11 is 0. The van der Waals surface area contributed by atoms with Gasteiger partial charge in [0.2, 0.25) is 5.91 Å². The highest BCUT2D eigenvalue weighted by Gasteiger charge is 2.42. The van der Waals surface area contributed by atoms with Crippen LogP contribution in [0.1, 0.15) is 81.0 Å². The van der Waals surface area contributed by atoms with Crippen LogP contribution in [0.2, 0.25) is 0 Å². The Balaban J connectivity index is 1.25. The third-order valence-electron chi connectivity index (χ3n) is 9.67. The van der Waals surface area contributed by atoms with Crippen molar-refractivity contribution in [3.05, 3.63) is 64.7 Å². The molecule has 5 nitrogen and oxygen atoms in total. The van der Waals surface area contributed by atoms with Crippen molar-refractivity contribution in [2.24, 2.45) is 0 Å². The van der Waals surface area contributed by atoms with Crippen LogP contribution in [0.15, 0.2) is 42.5 Å². The lowest BCUT2D eigenvalue weighted by Gasteiger charge is -2.41. The van der Waals surface area contributed by atoms with Gasteiger partial charge >= 0.3 is 0 Å². The van der Waals surface area contributed by atoms with E-state index in [1.165, 1.54) is 75.0 Å². The Labute approximate surface area is 242 Å². The Morgan fingerprint density at radius 3 is 2.50 bits per heavy atom. The lowest BCUT2D eigenvalue weighted by molar-refractivity contribution is -0.129. The standard InChI is InChI=1S/C35H51N3O2/c1-27(2)40-32-10-8-9-30(24-32)25-34(39)38-22-16-35(26-38,33-23-28(3)11-12-29(33)4)15-21-36-19-13-31(14-20-36)37-17-6-5-7-18-37/h8-12,23-24,27,31H,5-7,13-22,25-26H2,1-4H3. The maximum absolute atomic E-state index is 13.6. The average molecular weight is 546 g/mol. The van der Waals surface area contributed by atoms with Crippen LogP contribution in [0.25, 0.3) is 0 Å². The number of rotatable bonds is 9. The summed E-state index contributed by atoms with van der Waals surface area (Å²) < 4.78 is 5.88. The number of amides is 1. The van der Waals surface area contributed by atoms with Gasteiger partial charge in [-0.2, -0.15) is 0 Å². The normalized spacial score (nSPS) is 23.2. The predicted molar refractivity (Wildman–Crippen MR) is 164 cm³/mol. The van der Waals surface area contributed by atoms with Crippen LogP contribution < -0.4 is 4.74 Å². The number of carbonyl (C=O) groups is 1. The van der Waals surface area contributed by atoms with Crippen molar-refractivity contribution in [3.8, 4) is 5.75 Å². The Hall–Kier alpha value is -2.37. The smallest absolute Gasteiger partial charge is 0.227 e. The number of nitrogens with zero attached hydrogens (tertiary/aromatic N) is 3. The van der Waals surface area contributed by atoms with Crippen molar-refractivity contribution >= 4 is 5.91 Å². The van der Waals surface area contributed by atoms with Gasteiger partial charge in [0.05, 0.1) is 12.5 Å². The fourth-order valence-electron chi connectivity index (χ4n) is 7.40. The number of carbonyl (C=O) groups excluding carboxylic acids is 1. The number of hydrogen-bond acceptors (Lipinski definition) is 4. The lowest BCUT2D eigenvalue weighted by atomic mass is 9.74. The molecule has 0 aliphatic carbocycles. The molecule has 0 bridgehead atoms. The van der Waals surface area contributed by atoms with Crippen molar-refractivity contribution in [2.75, 3.05) is 45.8 Å². The molecule has 5 rings (SSSR count). The van der Waals surface area contributed by atoms with Gasteiger partial charge < -0.3 is 19.4 Å². The van der Waals surface area contributed by atoms with Crippen molar-refractivity contribution in [1.82, 2.24) is 14.7 Å². The monoisotopic (exact) mass is 545 g/mol. The van der Waals surface area contributed by atoms with Crippen molar-refractivity contribution < 1.29 is 9.53 Å². The van der Waals surface area contributed by atoms with Gasteiger partial charge in [-0.25, -0.2) is 0 Å². The first-order valence-corrected chi connectivity index (χ1v) is 15.9. The van der Waals surface area contributed by atoms with Crippen LogP contribution in [-0.4, -0.2) is 78.6 Å². The molecule has 3 heterocycles. The zero-order valence-corrected chi connectivity index (χ0v) is 25.5. The quantitative estimate of drug-likeness (QED) is 0.379. The van der Waals surface area contributed by atoms with E-state index in [1.54, 1.807) is 0 Å². The Kier molecular flexibility index (Phi) is 9.53. The molecule has 0 aromatic heterocycles. The summed E-state index contributed by atoms with van der Waals surface area (Å²) in [6.07, 6.45) is 9.50. The van der Waals surface area contributed by atoms with E-state index in [9.17, 15) is 4.79 Å². The second-order valence-corrected chi connectivity index (χ2v) is 13.1. The fourth-order valence-corrected chi connectivity index (χ4v) is 7.40. The van der Waals surface area contributed by atoms with Gasteiger partial charge in [0, 0.05) is 24.5 Å². The number of hydrogen-bond donors (Lipinski definition) is 0. The molecule has 3 fully saturated rings. The van der Waals surface area contributed by atoms with Gasteiger partial charge in [-0.3, -0.25) is 4.79 Å². The molecule has 1 amide bonds. The maximum atomic E-state index is 13.6. The topological polar surface area (TPSA) is 36.0 Å². The third kappa shape index (κ3) is 7.09. The first-order valence-electron chi connectivity index (χ1n) is 15.9. The molecule has 2 aromatic carbocycles. The van der Waals surface area contributed by atoms with E-state index in [1.807, 2.05) is 38.1 Å². The van der Waals surface area contributed by atoms with Gasteiger partial charge in [-0.05, 0) is 128 Å². The summed E-state index contributed by atoms with van der Waals surface area (Å²) in [5.41, 5.74) is 5.19. The molecule has 3 aliphatic heterocycles. The summed E-state index contributed by atoms with van der Waals surface area (Å²) in [6.45, 7) is 16.3. The van der Waals surface area contributed by atoms with Crippen molar-refractivity contribution in [2.45, 2.75) is 96.6 Å². The van der Waals surface area contributed by atoms with Crippen LogP contribution in [-0.2, 0) is 16.6 Å². The zero-order valence-electron chi connectivity index (χ0n) is 25.5. The van der Waals surface area contributed by atoms with Gasteiger partial charge in [-0.1, -0.05) is 42.3 Å². The van der Waals surface area contributed by atoms with Gasteiger partial charge in [0.25, 0.3) is 0 Å². The van der Waals surface area contributed by atoms with E-state index in [2.05, 4.69) is 46.7 Å². The number of benzene rings is 2. The molecule has 2 aromatic rings. The molecule has 3 saturated heterocycles. The summed E-state index contributed by atoms with van der Waals surface area (Å²) in [5.74, 6) is 1.08. The molecule has 40 heavy (non-hydrogen) atoms. The van der Waals surface area contributed by atoms with Gasteiger partial charge in [-0.15, -0.1) is 0 Å². The van der Waals surface area contributed by atoms with Crippen LogP contribution in [0, 0.1) is 13.8 Å². The number of ether oxygens (including phenoxy) is 1. The summed E-state index contributed by atoms with van der Waals surface area (Å²) in [6, 6.07) is 15.7. The molecule has 1 unspecified atom stereocenters.